The van der Waals surface area contributed by atoms with Crippen molar-refractivity contribution in [1.82, 2.24) is 4.90 Å². The van der Waals surface area contributed by atoms with Crippen LogP contribution in [0.1, 0.15) is 16.8 Å². The van der Waals surface area contributed by atoms with Crippen LogP contribution in [0.4, 0.5) is 0 Å². The number of rotatable bonds is 2. The van der Waals surface area contributed by atoms with Gasteiger partial charge in [-0.1, -0.05) is 15.9 Å². The number of likely N-dealkylation sites (tertiary alicyclic amines) is 1. The normalized spacial score (nSPS) is 19.4. The Morgan fingerprint density at radius 1 is 1.59 bits per heavy atom. The molecule has 1 amide bonds. The number of nitrogens with zero attached hydrogens (tertiary/aromatic N) is 1. The number of aromatic hydroxyl groups is 1. The van der Waals surface area contributed by atoms with E-state index in [9.17, 15) is 9.90 Å². The Bertz CT molecular complexity index is 436. The van der Waals surface area contributed by atoms with E-state index >= 15 is 0 Å². The van der Waals surface area contributed by atoms with Gasteiger partial charge in [0.2, 0.25) is 0 Å². The number of phenols is 1. The van der Waals surface area contributed by atoms with Gasteiger partial charge < -0.3 is 14.7 Å². The predicted molar refractivity (Wildman–Crippen MR) is 67.9 cm³/mol. The average Bonchev–Trinajstić information content (AvgIpc) is 2.76. The SMILES string of the molecule is COc1ccc(O)c(C(=O)N2CCC(Br)C2)c1. The summed E-state index contributed by atoms with van der Waals surface area (Å²) in [5.74, 6) is 0.415. The molecule has 0 radical (unpaired) electrons. The Hall–Kier alpha value is -1.23. The number of halogens is 1. The highest BCUT2D eigenvalue weighted by Gasteiger charge is 2.26. The molecule has 0 saturated carbocycles. The third-order valence-electron chi connectivity index (χ3n) is 2.85. The van der Waals surface area contributed by atoms with Crippen molar-refractivity contribution in [3.8, 4) is 11.5 Å². The van der Waals surface area contributed by atoms with Crippen molar-refractivity contribution < 1.29 is 14.6 Å². The summed E-state index contributed by atoms with van der Waals surface area (Å²) in [5.41, 5.74) is 0.297. The van der Waals surface area contributed by atoms with Crippen molar-refractivity contribution in [2.75, 3.05) is 20.2 Å². The van der Waals surface area contributed by atoms with Crippen LogP contribution in [0.2, 0.25) is 0 Å². The topological polar surface area (TPSA) is 49.8 Å². The maximum atomic E-state index is 12.2. The van der Waals surface area contributed by atoms with Crippen LogP contribution in [-0.2, 0) is 0 Å². The van der Waals surface area contributed by atoms with E-state index in [4.69, 9.17) is 4.74 Å². The highest BCUT2D eigenvalue weighted by atomic mass is 79.9. The maximum Gasteiger partial charge on any atom is 0.257 e. The first-order valence-electron chi connectivity index (χ1n) is 5.42. The predicted octanol–water partition coefficient (Wildman–Crippen LogP) is 2.01. The molecule has 1 fully saturated rings. The van der Waals surface area contributed by atoms with Gasteiger partial charge in [-0.15, -0.1) is 0 Å². The summed E-state index contributed by atoms with van der Waals surface area (Å²) in [5, 5.41) is 9.71. The number of hydrogen-bond donors (Lipinski definition) is 1. The van der Waals surface area contributed by atoms with Gasteiger partial charge in [0, 0.05) is 17.9 Å². The molecule has 17 heavy (non-hydrogen) atoms. The smallest absolute Gasteiger partial charge is 0.257 e. The van der Waals surface area contributed by atoms with Crippen molar-refractivity contribution in [3.05, 3.63) is 23.8 Å². The lowest BCUT2D eigenvalue weighted by molar-refractivity contribution is 0.0790. The Kier molecular flexibility index (Phi) is 3.57. The molecule has 1 saturated heterocycles. The summed E-state index contributed by atoms with van der Waals surface area (Å²) in [7, 11) is 1.53. The number of amides is 1. The molecular weight excluding hydrogens is 286 g/mol. The zero-order chi connectivity index (χ0) is 12.4. The molecule has 92 valence electrons. The van der Waals surface area contributed by atoms with Crippen LogP contribution in [0, 0.1) is 0 Å². The van der Waals surface area contributed by atoms with Crippen LogP contribution in [-0.4, -0.2) is 40.9 Å². The molecule has 1 aromatic rings. The van der Waals surface area contributed by atoms with Crippen molar-refractivity contribution >= 4 is 21.8 Å². The number of carbonyl (C=O) groups is 1. The third-order valence-corrected chi connectivity index (χ3v) is 3.60. The van der Waals surface area contributed by atoms with E-state index in [0.29, 0.717) is 29.2 Å². The van der Waals surface area contributed by atoms with E-state index in [2.05, 4.69) is 15.9 Å². The Labute approximate surface area is 108 Å². The van der Waals surface area contributed by atoms with E-state index in [1.807, 2.05) is 0 Å². The number of benzene rings is 1. The van der Waals surface area contributed by atoms with Gasteiger partial charge in [-0.2, -0.15) is 0 Å². The van der Waals surface area contributed by atoms with E-state index in [-0.39, 0.29) is 11.7 Å². The maximum absolute atomic E-state index is 12.2. The third kappa shape index (κ3) is 2.54. The summed E-state index contributed by atoms with van der Waals surface area (Å²) in [6.07, 6.45) is 0.941. The minimum atomic E-state index is -0.150. The van der Waals surface area contributed by atoms with E-state index < -0.39 is 0 Å². The lowest BCUT2D eigenvalue weighted by atomic mass is 10.1. The summed E-state index contributed by atoms with van der Waals surface area (Å²) in [6, 6.07) is 4.68. The fourth-order valence-electron chi connectivity index (χ4n) is 1.89. The highest BCUT2D eigenvalue weighted by molar-refractivity contribution is 9.09. The van der Waals surface area contributed by atoms with Crippen LogP contribution >= 0.6 is 15.9 Å². The second kappa shape index (κ2) is 4.96. The van der Waals surface area contributed by atoms with Crippen LogP contribution in [0.5, 0.6) is 11.5 Å². The Morgan fingerprint density at radius 3 is 2.94 bits per heavy atom. The molecule has 1 atom stereocenters. The zero-order valence-electron chi connectivity index (χ0n) is 9.52. The number of carbonyl (C=O) groups excluding carboxylic acids is 1. The van der Waals surface area contributed by atoms with Crippen LogP contribution in [0.25, 0.3) is 0 Å². The molecule has 5 heteroatoms. The summed E-state index contributed by atoms with van der Waals surface area (Å²) in [4.78, 5) is 14.2. The molecule has 2 rings (SSSR count). The van der Waals surface area contributed by atoms with Crippen LogP contribution < -0.4 is 4.74 Å². The fraction of sp³-hybridized carbons (Fsp3) is 0.417. The summed E-state index contributed by atoms with van der Waals surface area (Å²) < 4.78 is 5.05. The van der Waals surface area contributed by atoms with Crippen LogP contribution in [0.3, 0.4) is 0 Å². The first kappa shape index (κ1) is 12.2. The quantitative estimate of drug-likeness (QED) is 0.850. The number of hydrogen-bond acceptors (Lipinski definition) is 3. The molecule has 1 N–H and O–H groups in total. The van der Waals surface area contributed by atoms with E-state index in [1.165, 1.54) is 13.2 Å². The Balaban J connectivity index is 2.24. The summed E-state index contributed by atoms with van der Waals surface area (Å²) >= 11 is 3.49. The average molecular weight is 300 g/mol. The first-order chi connectivity index (χ1) is 8.11. The van der Waals surface area contributed by atoms with Crippen molar-refractivity contribution in [2.24, 2.45) is 0 Å². The van der Waals surface area contributed by atoms with Gasteiger partial charge >= 0.3 is 0 Å². The minimum absolute atomic E-state index is 0.00572. The lowest BCUT2D eigenvalue weighted by Crippen LogP contribution is -2.28. The van der Waals surface area contributed by atoms with Gasteiger partial charge in [-0.25, -0.2) is 0 Å². The molecule has 0 bridgehead atoms. The van der Waals surface area contributed by atoms with Gasteiger partial charge in [0.15, 0.2) is 0 Å². The van der Waals surface area contributed by atoms with E-state index in [1.54, 1.807) is 17.0 Å². The second-order valence-electron chi connectivity index (χ2n) is 4.02. The van der Waals surface area contributed by atoms with Crippen molar-refractivity contribution in [3.63, 3.8) is 0 Å². The number of ether oxygens (including phenoxy) is 1. The second-order valence-corrected chi connectivity index (χ2v) is 5.32. The number of methoxy groups -OCH3 is 1. The van der Waals surface area contributed by atoms with Gasteiger partial charge in [-0.05, 0) is 24.6 Å². The fourth-order valence-corrected chi connectivity index (χ4v) is 2.44. The molecule has 1 aromatic carbocycles. The van der Waals surface area contributed by atoms with Gasteiger partial charge in [0.1, 0.15) is 11.5 Å². The molecule has 1 unspecified atom stereocenters. The van der Waals surface area contributed by atoms with E-state index in [0.717, 1.165) is 6.42 Å². The standard InChI is InChI=1S/C12H14BrNO3/c1-17-9-2-3-11(15)10(6-9)12(16)14-5-4-8(13)7-14/h2-3,6,8,15H,4-5,7H2,1H3. The lowest BCUT2D eigenvalue weighted by Gasteiger charge is -2.16. The van der Waals surface area contributed by atoms with Crippen LogP contribution in [0.15, 0.2) is 18.2 Å². The van der Waals surface area contributed by atoms with Crippen molar-refractivity contribution in [2.45, 2.75) is 11.2 Å². The largest absolute Gasteiger partial charge is 0.507 e. The first-order valence-corrected chi connectivity index (χ1v) is 6.33. The molecule has 0 spiro atoms. The molecule has 1 aliphatic rings. The number of alkyl halides is 1. The molecule has 1 aliphatic heterocycles. The molecule has 0 aromatic heterocycles. The monoisotopic (exact) mass is 299 g/mol. The molecule has 1 heterocycles. The van der Waals surface area contributed by atoms with Crippen molar-refractivity contribution in [1.29, 1.82) is 0 Å². The van der Waals surface area contributed by atoms with Gasteiger partial charge in [0.05, 0.1) is 12.7 Å². The highest BCUT2D eigenvalue weighted by Crippen LogP contribution is 2.26. The minimum Gasteiger partial charge on any atom is -0.507 e. The molecule has 4 nitrogen and oxygen atoms in total. The number of phenolic OH excluding ortho intramolecular Hbond substituents is 1. The zero-order valence-corrected chi connectivity index (χ0v) is 11.1. The van der Waals surface area contributed by atoms with Gasteiger partial charge in [0.25, 0.3) is 5.91 Å². The Morgan fingerprint density at radius 2 is 2.35 bits per heavy atom. The summed E-state index contributed by atoms with van der Waals surface area (Å²) in [6.45, 7) is 1.39. The van der Waals surface area contributed by atoms with Gasteiger partial charge in [-0.3, -0.25) is 4.79 Å². The molecule has 0 aliphatic carbocycles. The molecular formula is C12H14BrNO3.